The monoisotopic (exact) mass is 362 g/mol. The van der Waals surface area contributed by atoms with Crippen LogP contribution in [0, 0.1) is 11.8 Å². The standard InChI is InChI=1S/C25H34N2/c1-3-5-7-9-21-27(22-10-8-6-4-2)25-15-13-23(14-16-25)11-12-24-17-19-26-20-18-24/h13-20H,3-10,21-22H2,1-2H3. The zero-order valence-corrected chi connectivity index (χ0v) is 17.1. The van der Waals surface area contributed by atoms with Gasteiger partial charge in [-0.3, -0.25) is 4.98 Å². The highest BCUT2D eigenvalue weighted by Crippen LogP contribution is 2.18. The van der Waals surface area contributed by atoms with Crippen molar-refractivity contribution in [2.75, 3.05) is 18.0 Å². The summed E-state index contributed by atoms with van der Waals surface area (Å²) in [5.74, 6) is 6.45. The van der Waals surface area contributed by atoms with Crippen molar-refractivity contribution < 1.29 is 0 Å². The van der Waals surface area contributed by atoms with Gasteiger partial charge in [0.05, 0.1) is 0 Å². The van der Waals surface area contributed by atoms with E-state index in [4.69, 9.17) is 0 Å². The predicted octanol–water partition coefficient (Wildman–Crippen LogP) is 6.45. The first kappa shape index (κ1) is 21.0. The minimum atomic E-state index is 1.00. The van der Waals surface area contributed by atoms with Crippen LogP contribution in [-0.2, 0) is 0 Å². The summed E-state index contributed by atoms with van der Waals surface area (Å²) in [5.41, 5.74) is 3.40. The highest BCUT2D eigenvalue weighted by atomic mass is 15.1. The quantitative estimate of drug-likeness (QED) is 0.337. The molecule has 1 aromatic heterocycles. The van der Waals surface area contributed by atoms with Crippen LogP contribution < -0.4 is 4.90 Å². The summed E-state index contributed by atoms with van der Waals surface area (Å²) in [6.45, 7) is 6.87. The van der Waals surface area contributed by atoms with E-state index in [1.165, 1.54) is 57.1 Å². The Kier molecular flexibility index (Phi) is 10.1. The SMILES string of the molecule is CCCCCCN(CCCCCC)c1ccc(C#Cc2ccncc2)cc1. The first-order valence-electron chi connectivity index (χ1n) is 10.6. The van der Waals surface area contributed by atoms with Crippen LogP contribution in [0.1, 0.15) is 76.3 Å². The summed E-state index contributed by atoms with van der Waals surface area (Å²) in [4.78, 5) is 6.59. The molecule has 0 fully saturated rings. The van der Waals surface area contributed by atoms with E-state index in [9.17, 15) is 0 Å². The fourth-order valence-electron chi connectivity index (χ4n) is 3.16. The lowest BCUT2D eigenvalue weighted by atomic mass is 10.1. The smallest absolute Gasteiger partial charge is 0.0367 e. The third-order valence-corrected chi connectivity index (χ3v) is 4.83. The van der Waals surface area contributed by atoms with E-state index in [1.54, 1.807) is 12.4 Å². The Morgan fingerprint density at radius 3 is 1.70 bits per heavy atom. The van der Waals surface area contributed by atoms with Crippen LogP contribution in [0.15, 0.2) is 48.8 Å². The van der Waals surface area contributed by atoms with Crippen molar-refractivity contribution in [3.05, 3.63) is 59.9 Å². The van der Waals surface area contributed by atoms with E-state index in [1.807, 2.05) is 12.1 Å². The predicted molar refractivity (Wildman–Crippen MR) is 117 cm³/mol. The minimum Gasteiger partial charge on any atom is -0.372 e. The van der Waals surface area contributed by atoms with Gasteiger partial charge >= 0.3 is 0 Å². The summed E-state index contributed by atoms with van der Waals surface area (Å²) in [6.07, 6.45) is 14.1. The van der Waals surface area contributed by atoms with Crippen molar-refractivity contribution in [1.29, 1.82) is 0 Å². The molecule has 0 N–H and O–H groups in total. The van der Waals surface area contributed by atoms with Crippen LogP contribution in [0.3, 0.4) is 0 Å². The van der Waals surface area contributed by atoms with Crippen LogP contribution in [-0.4, -0.2) is 18.1 Å². The topological polar surface area (TPSA) is 16.1 Å². The van der Waals surface area contributed by atoms with E-state index in [0.29, 0.717) is 0 Å². The van der Waals surface area contributed by atoms with Crippen LogP contribution in [0.2, 0.25) is 0 Å². The molecule has 0 spiro atoms. The van der Waals surface area contributed by atoms with Crippen molar-refractivity contribution >= 4 is 5.69 Å². The minimum absolute atomic E-state index is 1.00. The number of pyridine rings is 1. The molecule has 0 bridgehead atoms. The number of rotatable bonds is 11. The highest BCUT2D eigenvalue weighted by Gasteiger charge is 2.06. The van der Waals surface area contributed by atoms with Gasteiger partial charge < -0.3 is 4.90 Å². The summed E-state index contributed by atoms with van der Waals surface area (Å²) in [7, 11) is 0. The Labute approximate surface area is 166 Å². The molecule has 0 aliphatic carbocycles. The molecule has 0 aliphatic rings. The summed E-state index contributed by atoms with van der Waals surface area (Å²) < 4.78 is 0. The maximum Gasteiger partial charge on any atom is 0.0367 e. The second-order valence-corrected chi connectivity index (χ2v) is 7.14. The van der Waals surface area contributed by atoms with E-state index >= 15 is 0 Å². The summed E-state index contributed by atoms with van der Waals surface area (Å²) >= 11 is 0. The van der Waals surface area contributed by atoms with E-state index in [0.717, 1.165) is 24.2 Å². The van der Waals surface area contributed by atoms with Crippen LogP contribution in [0.4, 0.5) is 5.69 Å². The first-order valence-corrected chi connectivity index (χ1v) is 10.6. The molecule has 0 amide bonds. The molecule has 1 heterocycles. The van der Waals surface area contributed by atoms with E-state index in [-0.39, 0.29) is 0 Å². The van der Waals surface area contributed by atoms with Crippen molar-refractivity contribution in [3.8, 4) is 11.8 Å². The molecular weight excluding hydrogens is 328 g/mol. The second-order valence-electron chi connectivity index (χ2n) is 7.14. The lowest BCUT2D eigenvalue weighted by Crippen LogP contribution is -2.25. The van der Waals surface area contributed by atoms with Gasteiger partial charge in [0.2, 0.25) is 0 Å². The third kappa shape index (κ3) is 8.31. The Morgan fingerprint density at radius 2 is 1.19 bits per heavy atom. The van der Waals surface area contributed by atoms with Crippen LogP contribution in [0.5, 0.6) is 0 Å². The number of aromatic nitrogens is 1. The Balaban J connectivity index is 1.97. The average Bonchev–Trinajstić information content (AvgIpc) is 2.72. The number of anilines is 1. The Bertz CT molecular complexity index is 668. The molecule has 2 heteroatoms. The lowest BCUT2D eigenvalue weighted by molar-refractivity contribution is 0.609. The molecule has 2 rings (SSSR count). The molecule has 0 saturated carbocycles. The van der Waals surface area contributed by atoms with Gasteiger partial charge in [0, 0.05) is 42.3 Å². The molecule has 0 aliphatic heterocycles. The summed E-state index contributed by atoms with van der Waals surface area (Å²) in [6, 6.07) is 12.6. The molecule has 2 aromatic rings. The van der Waals surface area contributed by atoms with Gasteiger partial charge in [0.1, 0.15) is 0 Å². The molecule has 0 atom stereocenters. The number of nitrogens with zero attached hydrogens (tertiary/aromatic N) is 2. The van der Waals surface area contributed by atoms with Gasteiger partial charge in [0.15, 0.2) is 0 Å². The van der Waals surface area contributed by atoms with E-state index in [2.05, 4.69) is 59.8 Å². The zero-order chi connectivity index (χ0) is 19.2. The molecule has 1 aromatic carbocycles. The van der Waals surface area contributed by atoms with Gasteiger partial charge in [-0.25, -0.2) is 0 Å². The first-order chi connectivity index (χ1) is 13.3. The maximum absolute atomic E-state index is 4.03. The number of unbranched alkanes of at least 4 members (excludes halogenated alkanes) is 6. The molecule has 144 valence electrons. The van der Waals surface area contributed by atoms with Crippen LogP contribution in [0.25, 0.3) is 0 Å². The molecule has 0 radical (unpaired) electrons. The normalized spacial score (nSPS) is 10.3. The van der Waals surface area contributed by atoms with Crippen molar-refractivity contribution in [3.63, 3.8) is 0 Å². The zero-order valence-electron chi connectivity index (χ0n) is 17.1. The van der Waals surface area contributed by atoms with Crippen molar-refractivity contribution in [1.82, 2.24) is 4.98 Å². The van der Waals surface area contributed by atoms with Crippen LogP contribution >= 0.6 is 0 Å². The average molecular weight is 363 g/mol. The summed E-state index contributed by atoms with van der Waals surface area (Å²) in [5, 5.41) is 0. The lowest BCUT2D eigenvalue weighted by Gasteiger charge is -2.25. The van der Waals surface area contributed by atoms with Gasteiger partial charge in [-0.1, -0.05) is 64.2 Å². The fourth-order valence-corrected chi connectivity index (χ4v) is 3.16. The van der Waals surface area contributed by atoms with Gasteiger partial charge in [-0.15, -0.1) is 0 Å². The number of benzene rings is 1. The Hall–Kier alpha value is -2.27. The molecule has 2 nitrogen and oxygen atoms in total. The third-order valence-electron chi connectivity index (χ3n) is 4.83. The van der Waals surface area contributed by atoms with Crippen molar-refractivity contribution in [2.45, 2.75) is 65.2 Å². The molecular formula is C25H34N2. The van der Waals surface area contributed by atoms with E-state index < -0.39 is 0 Å². The largest absolute Gasteiger partial charge is 0.372 e. The maximum atomic E-state index is 4.03. The van der Waals surface area contributed by atoms with Gasteiger partial charge in [-0.05, 0) is 49.2 Å². The number of hydrogen-bond donors (Lipinski definition) is 0. The Morgan fingerprint density at radius 1 is 0.667 bits per heavy atom. The molecule has 27 heavy (non-hydrogen) atoms. The number of hydrogen-bond acceptors (Lipinski definition) is 2. The fraction of sp³-hybridized carbons (Fsp3) is 0.480. The van der Waals surface area contributed by atoms with Crippen molar-refractivity contribution in [2.24, 2.45) is 0 Å². The van der Waals surface area contributed by atoms with Gasteiger partial charge in [-0.2, -0.15) is 0 Å². The second kappa shape index (κ2) is 13.0. The molecule has 0 unspecified atom stereocenters. The highest BCUT2D eigenvalue weighted by molar-refractivity contribution is 5.51. The van der Waals surface area contributed by atoms with Gasteiger partial charge in [0.25, 0.3) is 0 Å². The molecule has 0 saturated heterocycles.